The van der Waals surface area contributed by atoms with E-state index < -0.39 is 10.0 Å². The van der Waals surface area contributed by atoms with Crippen LogP contribution in [-0.4, -0.2) is 35.3 Å². The molecule has 1 heterocycles. The molecule has 1 N–H and O–H groups in total. The van der Waals surface area contributed by atoms with Gasteiger partial charge < -0.3 is 9.47 Å². The van der Waals surface area contributed by atoms with E-state index in [9.17, 15) is 8.42 Å². The van der Waals surface area contributed by atoms with E-state index >= 15 is 0 Å². The number of ether oxygens (including phenoxy) is 2. The Hall–Kier alpha value is -1.89. The van der Waals surface area contributed by atoms with Crippen LogP contribution in [0.4, 0.5) is 0 Å². The molecule has 146 valence electrons. The second kappa shape index (κ2) is 8.00. The average Bonchev–Trinajstić information content (AvgIpc) is 2.68. The van der Waals surface area contributed by atoms with E-state index in [0.29, 0.717) is 19.8 Å². The molecule has 0 aromatic heterocycles. The predicted octanol–water partition coefficient (Wildman–Crippen LogP) is 3.34. The quantitative estimate of drug-likeness (QED) is 0.823. The number of nitrogens with one attached hydrogen (secondary N) is 1. The summed E-state index contributed by atoms with van der Waals surface area (Å²) >= 11 is 0. The van der Waals surface area contributed by atoms with Gasteiger partial charge in [-0.15, -0.1) is 0 Å². The van der Waals surface area contributed by atoms with Crippen LogP contribution in [0.2, 0.25) is 0 Å². The number of hydrogen-bond acceptors (Lipinski definition) is 4. The first-order valence-corrected chi connectivity index (χ1v) is 10.6. The first-order chi connectivity index (χ1) is 12.9. The molecule has 0 saturated carbocycles. The maximum atomic E-state index is 13.0. The van der Waals surface area contributed by atoms with E-state index in [2.05, 4.69) is 16.9 Å². The summed E-state index contributed by atoms with van der Waals surface area (Å²) in [6, 6.07) is 13.4. The molecule has 0 unspecified atom stereocenters. The Balaban J connectivity index is 1.87. The Morgan fingerprint density at radius 1 is 1.07 bits per heavy atom. The summed E-state index contributed by atoms with van der Waals surface area (Å²) < 4.78 is 39.7. The fourth-order valence-corrected chi connectivity index (χ4v) is 5.12. The van der Waals surface area contributed by atoms with Gasteiger partial charge in [-0.2, -0.15) is 0 Å². The number of sulfonamides is 1. The van der Waals surface area contributed by atoms with Crippen LogP contribution in [0.15, 0.2) is 47.4 Å². The minimum atomic E-state index is -3.62. The van der Waals surface area contributed by atoms with Gasteiger partial charge in [-0.05, 0) is 55.5 Å². The van der Waals surface area contributed by atoms with Gasteiger partial charge in [0.25, 0.3) is 0 Å². The lowest BCUT2D eigenvalue weighted by Gasteiger charge is -2.37. The van der Waals surface area contributed by atoms with Gasteiger partial charge in [0.2, 0.25) is 10.0 Å². The number of methoxy groups -OCH3 is 1. The van der Waals surface area contributed by atoms with Gasteiger partial charge in [0.15, 0.2) is 0 Å². The minimum Gasteiger partial charge on any atom is -0.496 e. The van der Waals surface area contributed by atoms with E-state index in [0.717, 1.165) is 35.3 Å². The highest BCUT2D eigenvalue weighted by atomic mass is 32.2. The number of rotatable bonds is 6. The lowest BCUT2D eigenvalue weighted by molar-refractivity contribution is 0.0517. The zero-order valence-electron chi connectivity index (χ0n) is 16.1. The van der Waals surface area contributed by atoms with Crippen LogP contribution in [-0.2, 0) is 20.2 Å². The monoisotopic (exact) mass is 389 g/mol. The van der Waals surface area contributed by atoms with E-state index in [1.54, 1.807) is 19.2 Å². The zero-order valence-corrected chi connectivity index (χ0v) is 16.9. The van der Waals surface area contributed by atoms with E-state index in [4.69, 9.17) is 9.47 Å². The van der Waals surface area contributed by atoms with Gasteiger partial charge in [0.1, 0.15) is 5.75 Å². The van der Waals surface area contributed by atoms with Crippen LogP contribution >= 0.6 is 0 Å². The summed E-state index contributed by atoms with van der Waals surface area (Å²) in [5.74, 6) is 0.721. The molecule has 0 atom stereocenters. The molecule has 27 heavy (non-hydrogen) atoms. The summed E-state index contributed by atoms with van der Waals surface area (Å²) in [6.45, 7) is 5.34. The molecule has 0 bridgehead atoms. The van der Waals surface area contributed by atoms with Crippen molar-refractivity contribution in [2.45, 2.75) is 37.0 Å². The predicted molar refractivity (Wildman–Crippen MR) is 106 cm³/mol. The van der Waals surface area contributed by atoms with E-state index in [-0.39, 0.29) is 10.3 Å². The maximum absolute atomic E-state index is 13.0. The summed E-state index contributed by atoms with van der Waals surface area (Å²) in [6.07, 6.45) is 1.58. The van der Waals surface area contributed by atoms with Crippen LogP contribution < -0.4 is 9.46 Å². The lowest BCUT2D eigenvalue weighted by atomic mass is 9.74. The average molecular weight is 390 g/mol. The molecule has 6 heteroatoms. The lowest BCUT2D eigenvalue weighted by Crippen LogP contribution is -2.44. The highest BCUT2D eigenvalue weighted by Gasteiger charge is 2.35. The summed E-state index contributed by atoms with van der Waals surface area (Å²) in [7, 11) is -2.03. The molecular weight excluding hydrogens is 362 g/mol. The first-order valence-electron chi connectivity index (χ1n) is 9.16. The highest BCUT2D eigenvalue weighted by Crippen LogP contribution is 2.35. The molecule has 0 spiro atoms. The fourth-order valence-electron chi connectivity index (χ4n) is 3.83. The molecule has 1 aliphatic heterocycles. The number of hydrogen-bond donors (Lipinski definition) is 1. The molecule has 3 rings (SSSR count). The van der Waals surface area contributed by atoms with E-state index in [1.165, 1.54) is 0 Å². The van der Waals surface area contributed by atoms with Gasteiger partial charge in [-0.25, -0.2) is 13.1 Å². The SMILES string of the molecule is COc1c(C)cc(S(=O)(=O)NCC2(c3ccccc3)CCOCC2)cc1C. The van der Waals surface area contributed by atoms with Crippen LogP contribution in [0.25, 0.3) is 0 Å². The van der Waals surface area contributed by atoms with Crippen molar-refractivity contribution in [2.75, 3.05) is 26.9 Å². The molecule has 1 aliphatic rings. The molecular formula is C21H27NO4S. The van der Waals surface area contributed by atoms with Crippen molar-refractivity contribution >= 4 is 10.0 Å². The second-order valence-corrected chi connectivity index (χ2v) is 8.94. The van der Waals surface area contributed by atoms with Gasteiger partial charge in [0, 0.05) is 25.2 Å². The van der Waals surface area contributed by atoms with Crippen molar-refractivity contribution in [3.8, 4) is 5.75 Å². The van der Waals surface area contributed by atoms with Crippen molar-refractivity contribution in [1.29, 1.82) is 0 Å². The summed E-state index contributed by atoms with van der Waals surface area (Å²) in [5, 5.41) is 0. The molecule has 0 aliphatic carbocycles. The Labute approximate surface area is 161 Å². The standard InChI is InChI=1S/C21H27NO4S/c1-16-13-19(14-17(2)20(16)25-3)27(23,24)22-15-21(9-11-26-12-10-21)18-7-5-4-6-8-18/h4-8,13-14,22H,9-12,15H2,1-3H3. The Kier molecular flexibility index (Phi) is 5.89. The molecule has 1 saturated heterocycles. The van der Waals surface area contributed by atoms with Crippen molar-refractivity contribution in [2.24, 2.45) is 0 Å². The zero-order chi connectivity index (χ0) is 19.5. The summed E-state index contributed by atoms with van der Waals surface area (Å²) in [4.78, 5) is 0.272. The van der Waals surface area contributed by atoms with Gasteiger partial charge in [-0.1, -0.05) is 30.3 Å². The number of benzene rings is 2. The number of aryl methyl sites for hydroxylation is 2. The Bertz CT molecular complexity index is 865. The van der Waals surface area contributed by atoms with Gasteiger partial charge >= 0.3 is 0 Å². The van der Waals surface area contributed by atoms with Crippen LogP contribution in [0.5, 0.6) is 5.75 Å². The third-order valence-electron chi connectivity index (χ3n) is 5.38. The van der Waals surface area contributed by atoms with Gasteiger partial charge in [-0.3, -0.25) is 0 Å². The maximum Gasteiger partial charge on any atom is 0.240 e. The topological polar surface area (TPSA) is 64.6 Å². The fraction of sp³-hybridized carbons (Fsp3) is 0.429. The summed E-state index contributed by atoms with van der Waals surface area (Å²) in [5.41, 5.74) is 2.52. The van der Waals surface area contributed by atoms with Gasteiger partial charge in [0.05, 0.1) is 12.0 Å². The second-order valence-electron chi connectivity index (χ2n) is 7.17. The van der Waals surface area contributed by atoms with E-state index in [1.807, 2.05) is 32.0 Å². The largest absolute Gasteiger partial charge is 0.496 e. The van der Waals surface area contributed by atoms with Crippen LogP contribution in [0.1, 0.15) is 29.5 Å². The van der Waals surface area contributed by atoms with Crippen molar-refractivity contribution in [3.63, 3.8) is 0 Å². The minimum absolute atomic E-state index is 0.247. The van der Waals surface area contributed by atoms with Crippen molar-refractivity contribution < 1.29 is 17.9 Å². The molecule has 0 amide bonds. The first kappa shape index (κ1) is 19.9. The Morgan fingerprint density at radius 3 is 2.22 bits per heavy atom. The normalized spacial score (nSPS) is 16.9. The smallest absolute Gasteiger partial charge is 0.240 e. The molecule has 1 fully saturated rings. The molecule has 5 nitrogen and oxygen atoms in total. The third-order valence-corrected chi connectivity index (χ3v) is 6.77. The third kappa shape index (κ3) is 4.18. The molecule has 0 radical (unpaired) electrons. The van der Waals surface area contributed by atoms with Crippen LogP contribution in [0, 0.1) is 13.8 Å². The molecule has 2 aromatic carbocycles. The highest BCUT2D eigenvalue weighted by molar-refractivity contribution is 7.89. The Morgan fingerprint density at radius 2 is 1.67 bits per heavy atom. The van der Waals surface area contributed by atoms with Crippen molar-refractivity contribution in [1.82, 2.24) is 4.72 Å². The van der Waals surface area contributed by atoms with Crippen molar-refractivity contribution in [3.05, 3.63) is 59.2 Å². The molecule has 2 aromatic rings. The van der Waals surface area contributed by atoms with Crippen LogP contribution in [0.3, 0.4) is 0 Å².